The molecule has 0 saturated carbocycles. The lowest BCUT2D eigenvalue weighted by molar-refractivity contribution is -0.149. The number of ether oxygens (including phenoxy) is 2. The first-order valence-electron chi connectivity index (χ1n) is 12.6. The minimum absolute atomic E-state index is 0.0494. The van der Waals surface area contributed by atoms with Crippen molar-refractivity contribution in [2.45, 2.75) is 66.5 Å². The summed E-state index contributed by atoms with van der Waals surface area (Å²) in [4.78, 5) is 51.1. The molecule has 202 valence electrons. The van der Waals surface area contributed by atoms with E-state index in [4.69, 9.17) is 22.5 Å². The summed E-state index contributed by atoms with van der Waals surface area (Å²) in [6.45, 7) is 10.3. The van der Waals surface area contributed by atoms with Crippen molar-refractivity contribution in [3.05, 3.63) is 46.2 Å². The number of carbonyl (C=O) groups excluding carboxylic acids is 4. The van der Waals surface area contributed by atoms with Gasteiger partial charge in [0.15, 0.2) is 1.41 Å². The van der Waals surface area contributed by atoms with Gasteiger partial charge in [-0.25, -0.2) is 9.48 Å². The normalized spacial score (nSPS) is 12.9. The van der Waals surface area contributed by atoms with Crippen molar-refractivity contribution >= 4 is 35.4 Å². The third-order valence-electron chi connectivity index (χ3n) is 5.56. The van der Waals surface area contributed by atoms with Crippen LogP contribution in [-0.2, 0) is 23.9 Å². The van der Waals surface area contributed by atoms with Gasteiger partial charge in [0.1, 0.15) is 12.1 Å². The van der Waals surface area contributed by atoms with E-state index in [1.165, 1.54) is 0 Å². The maximum Gasteiger partial charge on any atom is 0.328 e. The van der Waals surface area contributed by atoms with Gasteiger partial charge < -0.3 is 20.1 Å². The highest BCUT2D eigenvalue weighted by Crippen LogP contribution is 2.20. The average molecular weight is 536 g/mol. The minimum Gasteiger partial charge on any atom is -0.466 e. The first kappa shape index (κ1) is 28.2. The zero-order valence-corrected chi connectivity index (χ0v) is 22.8. The number of benzene rings is 1. The van der Waals surface area contributed by atoms with E-state index in [-0.39, 0.29) is 31.6 Å². The van der Waals surface area contributed by atoms with Crippen molar-refractivity contribution in [3.63, 3.8) is 0 Å². The largest absolute Gasteiger partial charge is 0.466 e. The Morgan fingerprint density at radius 2 is 1.70 bits per heavy atom. The first-order chi connectivity index (χ1) is 17.9. The third kappa shape index (κ3) is 8.04. The molecular formula is C26H35ClN4O6. The Morgan fingerprint density at radius 3 is 2.27 bits per heavy atom. The van der Waals surface area contributed by atoms with E-state index in [0.29, 0.717) is 27.4 Å². The fourth-order valence-electron chi connectivity index (χ4n) is 3.73. The number of aryl methyl sites for hydroxylation is 1. The number of nitrogens with one attached hydrogen (secondary N) is 2. The topological polar surface area (TPSA) is 129 Å². The van der Waals surface area contributed by atoms with Gasteiger partial charge in [-0.1, -0.05) is 25.4 Å². The fourth-order valence-corrected chi connectivity index (χ4v) is 3.86. The van der Waals surface area contributed by atoms with Gasteiger partial charge in [0.2, 0.25) is 5.91 Å². The van der Waals surface area contributed by atoms with Gasteiger partial charge >= 0.3 is 11.9 Å². The molecule has 2 amide bonds. The van der Waals surface area contributed by atoms with Crippen LogP contribution >= 0.6 is 11.6 Å². The molecule has 0 aliphatic carbocycles. The van der Waals surface area contributed by atoms with Crippen LogP contribution in [0.3, 0.4) is 0 Å². The number of rotatable bonds is 12. The summed E-state index contributed by atoms with van der Waals surface area (Å²) in [5, 5.41) is 8.17. The molecule has 2 aromatic rings. The molecule has 0 radical (unpaired) electrons. The predicted octanol–water partition coefficient (Wildman–Crippen LogP) is 3.29. The minimum atomic E-state index is -1.24. The molecule has 0 bridgehead atoms. The molecule has 0 spiro atoms. The van der Waals surface area contributed by atoms with Crippen molar-refractivity contribution in [2.75, 3.05) is 13.2 Å². The van der Waals surface area contributed by atoms with Crippen molar-refractivity contribution in [3.8, 4) is 5.69 Å². The molecule has 0 fully saturated rings. The van der Waals surface area contributed by atoms with Gasteiger partial charge in [0.25, 0.3) is 5.91 Å². The summed E-state index contributed by atoms with van der Waals surface area (Å²) in [6.07, 6.45) is -0.165. The number of nitrogens with zero attached hydrogens (tertiary/aromatic N) is 2. The Kier molecular flexibility index (Phi) is 10.5. The zero-order valence-electron chi connectivity index (χ0n) is 23.0. The second-order valence-corrected chi connectivity index (χ2v) is 9.15. The van der Waals surface area contributed by atoms with Gasteiger partial charge in [-0.05, 0) is 64.3 Å². The highest BCUT2D eigenvalue weighted by molar-refractivity contribution is 6.30. The molecular weight excluding hydrogens is 500 g/mol. The van der Waals surface area contributed by atoms with Crippen LogP contribution in [0.2, 0.25) is 6.43 Å². The van der Waals surface area contributed by atoms with E-state index >= 15 is 0 Å². The summed E-state index contributed by atoms with van der Waals surface area (Å²) in [5.74, 6) is -3.14. The van der Waals surface area contributed by atoms with Crippen LogP contribution < -0.4 is 10.6 Å². The van der Waals surface area contributed by atoms with Gasteiger partial charge in [-0.15, -0.1) is 0 Å². The van der Waals surface area contributed by atoms with Gasteiger partial charge in [-0.3, -0.25) is 14.4 Å². The fraction of sp³-hybridized carbons (Fsp3) is 0.500. The lowest BCUT2D eigenvalue weighted by Crippen LogP contribution is -2.54. The Bertz CT molecular complexity index is 1150. The summed E-state index contributed by atoms with van der Waals surface area (Å²) in [7, 11) is 0. The van der Waals surface area contributed by atoms with E-state index in [0.717, 1.165) is 0 Å². The summed E-state index contributed by atoms with van der Waals surface area (Å²) >= 11 is 5.98. The van der Waals surface area contributed by atoms with Crippen molar-refractivity contribution in [1.82, 2.24) is 20.4 Å². The van der Waals surface area contributed by atoms with Crippen LogP contribution in [0.15, 0.2) is 24.3 Å². The molecule has 1 aromatic carbocycles. The van der Waals surface area contributed by atoms with Crippen LogP contribution in [0.25, 0.3) is 5.69 Å². The molecule has 0 aliphatic heterocycles. The van der Waals surface area contributed by atoms with Crippen LogP contribution in [0, 0.1) is 19.8 Å². The molecule has 2 N–H and O–H groups in total. The number of amides is 2. The Morgan fingerprint density at radius 1 is 1.08 bits per heavy atom. The average Bonchev–Trinajstić information content (AvgIpc) is 3.15. The zero-order chi connectivity index (χ0) is 28.6. The Balaban J connectivity index is 2.30. The molecule has 0 unspecified atom stereocenters. The van der Waals surface area contributed by atoms with Crippen molar-refractivity contribution < 1.29 is 30.1 Å². The Hall–Kier alpha value is -3.40. The highest BCUT2D eigenvalue weighted by atomic mass is 35.5. The first-order valence-corrected chi connectivity index (χ1v) is 12.6. The van der Waals surface area contributed by atoms with Crippen LogP contribution in [0.4, 0.5) is 0 Å². The molecule has 11 heteroatoms. The van der Waals surface area contributed by atoms with E-state index in [2.05, 4.69) is 10.4 Å². The molecule has 10 nitrogen and oxygen atoms in total. The second kappa shape index (κ2) is 13.8. The van der Waals surface area contributed by atoms with Crippen molar-refractivity contribution in [1.29, 1.82) is 0 Å². The van der Waals surface area contributed by atoms with Crippen molar-refractivity contribution in [2.24, 2.45) is 5.92 Å². The maximum absolute atomic E-state index is 13.5. The monoisotopic (exact) mass is 535 g/mol. The van der Waals surface area contributed by atoms with Gasteiger partial charge in [0.05, 0.1) is 35.9 Å². The number of esters is 2. The number of carbonyl (C=O) groups is 4. The standard InChI is InChI=1S/C26H35ClN4O6/c1-7-36-21(32)14-13-20(26(35)37-8-2)28-25(34)23(15(3)4)29-24(33)22-16(5)30-31(17(22)6)19-11-9-18(27)10-12-19/h9-12,15,20,23H,7-8,13-14H2,1-6H3,(H,28,34)(H,29,33)/t20-,23-/m0/s1/i/hD. The molecule has 2 rings (SSSR count). The van der Waals surface area contributed by atoms with Gasteiger partial charge in [0, 0.05) is 11.4 Å². The van der Waals surface area contributed by atoms with Crippen LogP contribution in [0.1, 0.15) is 62.3 Å². The SMILES string of the molecule is [2H]N(C(=O)c1c(C)nn(-c2ccc(Cl)cc2)c1C)[C@H](C(=O)N[C@@H](CCC(=O)OCC)C(=O)OCC)C(C)C. The molecule has 0 aliphatic rings. The molecule has 2 atom stereocenters. The number of hydrogen-bond donors (Lipinski definition) is 2. The van der Waals surface area contributed by atoms with Gasteiger partial charge in [-0.2, -0.15) is 5.10 Å². The van der Waals surface area contributed by atoms with Crippen LogP contribution in [0.5, 0.6) is 0 Å². The lowest BCUT2D eigenvalue weighted by atomic mass is 10.0. The van der Waals surface area contributed by atoms with Crippen LogP contribution in [-0.4, -0.2) is 58.8 Å². The number of halogens is 1. The molecule has 0 saturated heterocycles. The summed E-state index contributed by atoms with van der Waals surface area (Å²) < 4.78 is 20.1. The van der Waals surface area contributed by atoms with E-state index < -0.39 is 41.8 Å². The lowest BCUT2D eigenvalue weighted by Gasteiger charge is -2.25. The maximum atomic E-state index is 13.5. The van der Waals surface area contributed by atoms with E-state index in [1.807, 2.05) is 0 Å². The third-order valence-corrected chi connectivity index (χ3v) is 5.81. The Labute approximate surface area is 223 Å². The molecule has 1 heterocycles. The van der Waals surface area contributed by atoms with E-state index in [1.54, 1.807) is 70.5 Å². The molecule has 1 aromatic heterocycles. The summed E-state index contributed by atoms with van der Waals surface area (Å²) in [5.41, 5.74) is 1.76. The summed E-state index contributed by atoms with van der Waals surface area (Å²) in [6, 6.07) is 4.53. The van der Waals surface area contributed by atoms with E-state index in [9.17, 15) is 19.2 Å². The highest BCUT2D eigenvalue weighted by Gasteiger charge is 2.31. The molecule has 37 heavy (non-hydrogen) atoms. The predicted molar refractivity (Wildman–Crippen MR) is 139 cm³/mol. The second-order valence-electron chi connectivity index (χ2n) is 8.71. The number of aromatic nitrogens is 2. The quantitative estimate of drug-likeness (QED) is 0.399. The number of hydrogen-bond acceptors (Lipinski definition) is 7. The smallest absolute Gasteiger partial charge is 0.328 e.